The summed E-state index contributed by atoms with van der Waals surface area (Å²) in [4.78, 5) is 32.4. The third kappa shape index (κ3) is 6.12. The van der Waals surface area contributed by atoms with E-state index in [0.717, 1.165) is 24.8 Å². The van der Waals surface area contributed by atoms with E-state index in [2.05, 4.69) is 11.9 Å². The highest BCUT2D eigenvalue weighted by Crippen LogP contribution is 2.35. The van der Waals surface area contributed by atoms with Crippen molar-refractivity contribution in [3.05, 3.63) is 89.6 Å². The number of ether oxygens (including phenoxy) is 3. The maximum atomic E-state index is 14.0. The van der Waals surface area contributed by atoms with Crippen LogP contribution in [0.4, 0.5) is 0 Å². The van der Waals surface area contributed by atoms with Crippen LogP contribution in [-0.2, 0) is 9.53 Å². The second kappa shape index (κ2) is 12.7. The lowest BCUT2D eigenvalue weighted by atomic mass is 9.96. The van der Waals surface area contributed by atoms with Gasteiger partial charge in [0, 0.05) is 10.6 Å². The highest BCUT2D eigenvalue weighted by Gasteiger charge is 2.34. The fourth-order valence-electron chi connectivity index (χ4n) is 4.48. The number of hydrogen-bond acceptors (Lipinski definition) is 7. The van der Waals surface area contributed by atoms with Gasteiger partial charge in [0.25, 0.3) is 5.56 Å². The normalized spacial score (nSPS) is 15.3. The topological polar surface area (TPSA) is 79.1 Å². The summed E-state index contributed by atoms with van der Waals surface area (Å²) in [7, 11) is 1.59. The Labute approximate surface area is 237 Å². The Hall–Kier alpha value is -3.36. The highest BCUT2D eigenvalue weighted by molar-refractivity contribution is 7.07. The summed E-state index contributed by atoms with van der Waals surface area (Å²) < 4.78 is 19.2. The molecule has 1 unspecified atom stereocenters. The van der Waals surface area contributed by atoms with Gasteiger partial charge >= 0.3 is 5.97 Å². The van der Waals surface area contributed by atoms with E-state index in [1.54, 1.807) is 40.0 Å². The van der Waals surface area contributed by atoms with Crippen molar-refractivity contribution in [1.82, 2.24) is 4.57 Å². The molecule has 0 radical (unpaired) electrons. The van der Waals surface area contributed by atoms with Gasteiger partial charge in [-0.05, 0) is 51.0 Å². The molecule has 7 nitrogen and oxygen atoms in total. The molecule has 0 fully saturated rings. The fourth-order valence-corrected chi connectivity index (χ4v) is 5.76. The van der Waals surface area contributed by atoms with Crippen molar-refractivity contribution < 1.29 is 19.0 Å². The molecule has 2 aromatic carbocycles. The molecule has 2 heterocycles. The van der Waals surface area contributed by atoms with E-state index in [1.807, 2.05) is 36.4 Å². The van der Waals surface area contributed by atoms with Crippen LogP contribution in [0, 0.1) is 0 Å². The van der Waals surface area contributed by atoms with E-state index in [1.165, 1.54) is 15.9 Å². The van der Waals surface area contributed by atoms with Gasteiger partial charge in [-0.3, -0.25) is 9.36 Å². The van der Waals surface area contributed by atoms with Crippen LogP contribution in [0.1, 0.15) is 64.1 Å². The second-order valence-corrected chi connectivity index (χ2v) is 10.9. The van der Waals surface area contributed by atoms with Gasteiger partial charge in [0.05, 0.1) is 35.6 Å². The monoisotopic (exact) mass is 568 g/mol. The van der Waals surface area contributed by atoms with Crippen molar-refractivity contribution in [1.29, 1.82) is 0 Å². The molecular formula is C30H33ClN2O5S. The van der Waals surface area contributed by atoms with Crippen LogP contribution >= 0.6 is 22.9 Å². The number of rotatable bonds is 10. The first-order valence-electron chi connectivity index (χ1n) is 13.0. The summed E-state index contributed by atoms with van der Waals surface area (Å²) in [6.45, 7) is 8.00. The number of fused-ring (bicyclic) bond motifs is 1. The number of aromatic nitrogens is 1. The fraction of sp³-hybridized carbons (Fsp3) is 0.367. The molecule has 39 heavy (non-hydrogen) atoms. The first-order valence-corrected chi connectivity index (χ1v) is 14.2. The Morgan fingerprint density at radius 2 is 1.95 bits per heavy atom. The van der Waals surface area contributed by atoms with Gasteiger partial charge in [-0.2, -0.15) is 0 Å². The molecule has 1 aliphatic rings. The predicted octanol–water partition coefficient (Wildman–Crippen LogP) is 5.42. The Morgan fingerprint density at radius 1 is 1.18 bits per heavy atom. The Balaban J connectivity index is 1.89. The number of para-hydroxylation sites is 1. The first kappa shape index (κ1) is 28.6. The zero-order valence-corrected chi connectivity index (χ0v) is 24.4. The smallest absolute Gasteiger partial charge is 0.338 e. The molecule has 9 heteroatoms. The number of carbonyl (C=O) groups excluding carboxylic acids is 1. The predicted molar refractivity (Wildman–Crippen MR) is 154 cm³/mol. The van der Waals surface area contributed by atoms with Crippen molar-refractivity contribution in [3.8, 4) is 11.5 Å². The third-order valence-electron chi connectivity index (χ3n) is 6.29. The summed E-state index contributed by atoms with van der Waals surface area (Å²) in [5.41, 5.74) is 1.83. The van der Waals surface area contributed by atoms with Crippen LogP contribution in [0.5, 0.6) is 11.5 Å². The number of halogens is 1. The lowest BCUT2D eigenvalue weighted by Crippen LogP contribution is -2.40. The summed E-state index contributed by atoms with van der Waals surface area (Å²) in [6, 6.07) is 12.0. The van der Waals surface area contributed by atoms with E-state index in [9.17, 15) is 9.59 Å². The first-order chi connectivity index (χ1) is 18.8. The van der Waals surface area contributed by atoms with Crippen molar-refractivity contribution in [3.63, 3.8) is 0 Å². The van der Waals surface area contributed by atoms with Crippen LogP contribution in [0.3, 0.4) is 0 Å². The van der Waals surface area contributed by atoms with Crippen molar-refractivity contribution >= 4 is 35.0 Å². The number of hydrogen-bond donors (Lipinski definition) is 0. The minimum Gasteiger partial charge on any atom is -0.493 e. The van der Waals surface area contributed by atoms with Gasteiger partial charge in [-0.25, -0.2) is 9.79 Å². The zero-order chi connectivity index (χ0) is 28.1. The van der Waals surface area contributed by atoms with Crippen molar-refractivity contribution in [2.75, 3.05) is 13.7 Å². The van der Waals surface area contributed by atoms with Gasteiger partial charge in [0.2, 0.25) is 0 Å². The van der Waals surface area contributed by atoms with Gasteiger partial charge in [-0.15, -0.1) is 0 Å². The molecular weight excluding hydrogens is 536 g/mol. The molecule has 1 aromatic heterocycles. The second-order valence-electron chi connectivity index (χ2n) is 9.49. The van der Waals surface area contributed by atoms with Gasteiger partial charge in [0.15, 0.2) is 16.3 Å². The summed E-state index contributed by atoms with van der Waals surface area (Å²) >= 11 is 7.86. The average molecular weight is 569 g/mol. The lowest BCUT2D eigenvalue weighted by Gasteiger charge is -2.26. The van der Waals surface area contributed by atoms with Crippen molar-refractivity contribution in [2.45, 2.75) is 59.1 Å². The number of esters is 1. The molecule has 4 rings (SSSR count). The number of allylic oxidation sites excluding steroid dienone is 1. The standard InChI is InChI=1S/C30H33ClN2O5S/c1-6-7-10-16-37-27-20(12-11-15-23(27)36-5)17-24-28(34)33-26(21-13-8-9-14-22(21)31)25(29(35)38-18(2)3)19(4)32-30(33)39-24/h8-9,11-15,17-18,26H,6-7,10,16H2,1-5H3. The minimum absolute atomic E-state index is 0.286. The number of benzene rings is 2. The molecule has 0 bridgehead atoms. The largest absolute Gasteiger partial charge is 0.493 e. The maximum Gasteiger partial charge on any atom is 0.338 e. The highest BCUT2D eigenvalue weighted by atomic mass is 35.5. The number of methoxy groups -OCH3 is 1. The summed E-state index contributed by atoms with van der Waals surface area (Å²) in [6.07, 6.45) is 4.52. The molecule has 0 saturated carbocycles. The summed E-state index contributed by atoms with van der Waals surface area (Å²) in [5.74, 6) is 0.652. The van der Waals surface area contributed by atoms with Crippen molar-refractivity contribution in [2.24, 2.45) is 4.99 Å². The Kier molecular flexibility index (Phi) is 9.30. The number of unbranched alkanes of at least 4 members (excludes halogenated alkanes) is 2. The molecule has 206 valence electrons. The maximum absolute atomic E-state index is 14.0. The van der Waals surface area contributed by atoms with Crippen LogP contribution < -0.4 is 24.4 Å². The van der Waals surface area contributed by atoms with E-state index in [4.69, 9.17) is 25.8 Å². The van der Waals surface area contributed by atoms with Crippen LogP contribution in [0.15, 0.2) is 63.5 Å². The van der Waals surface area contributed by atoms with Gasteiger partial charge in [0.1, 0.15) is 6.04 Å². The van der Waals surface area contributed by atoms with Crippen LogP contribution in [0.25, 0.3) is 6.08 Å². The van der Waals surface area contributed by atoms with E-state index in [-0.39, 0.29) is 17.2 Å². The van der Waals surface area contributed by atoms with E-state index < -0.39 is 12.0 Å². The summed E-state index contributed by atoms with van der Waals surface area (Å²) in [5, 5.41) is 0.442. The minimum atomic E-state index is -0.779. The van der Waals surface area contributed by atoms with E-state index >= 15 is 0 Å². The zero-order valence-electron chi connectivity index (χ0n) is 22.8. The SMILES string of the molecule is CCCCCOc1c(C=c2sc3n(c2=O)C(c2ccccc2Cl)C(C(=O)OC(C)C)=C(C)N=3)cccc1OC. The number of thiazole rings is 1. The Morgan fingerprint density at radius 3 is 2.64 bits per heavy atom. The third-order valence-corrected chi connectivity index (χ3v) is 7.62. The number of carbonyl (C=O) groups is 1. The Bertz CT molecular complexity index is 1570. The molecule has 0 spiro atoms. The molecule has 0 aliphatic carbocycles. The molecule has 0 N–H and O–H groups in total. The van der Waals surface area contributed by atoms with Gasteiger partial charge < -0.3 is 14.2 Å². The lowest BCUT2D eigenvalue weighted by molar-refractivity contribution is -0.143. The molecule has 3 aromatic rings. The number of nitrogens with zero attached hydrogens (tertiary/aromatic N) is 2. The molecule has 0 saturated heterocycles. The van der Waals surface area contributed by atoms with Gasteiger partial charge in [-0.1, -0.05) is 73.0 Å². The van der Waals surface area contributed by atoms with Crippen LogP contribution in [0.2, 0.25) is 5.02 Å². The van der Waals surface area contributed by atoms with E-state index in [0.29, 0.717) is 43.7 Å². The quantitative estimate of drug-likeness (QED) is 0.241. The average Bonchev–Trinajstić information content (AvgIpc) is 3.20. The molecule has 0 amide bonds. The van der Waals surface area contributed by atoms with Crippen LogP contribution in [-0.4, -0.2) is 30.4 Å². The molecule has 1 atom stereocenters. The molecule has 1 aliphatic heterocycles.